The van der Waals surface area contributed by atoms with E-state index >= 15 is 0 Å². The summed E-state index contributed by atoms with van der Waals surface area (Å²) in [6.45, 7) is 0. The van der Waals surface area contributed by atoms with Crippen LogP contribution in [0.2, 0.25) is 10.0 Å². The molecule has 1 aliphatic rings. The van der Waals surface area contributed by atoms with Crippen molar-refractivity contribution in [1.82, 2.24) is 0 Å². The van der Waals surface area contributed by atoms with Crippen LogP contribution in [0.25, 0.3) is 0 Å². The van der Waals surface area contributed by atoms with Gasteiger partial charge in [-0.05, 0) is 31.4 Å². The van der Waals surface area contributed by atoms with Gasteiger partial charge in [-0.1, -0.05) is 36.0 Å². The third-order valence-electron chi connectivity index (χ3n) is 3.29. The van der Waals surface area contributed by atoms with Crippen LogP contribution in [0.5, 0.6) is 5.75 Å². The lowest BCUT2D eigenvalue weighted by Crippen LogP contribution is -2.25. The van der Waals surface area contributed by atoms with Crippen molar-refractivity contribution in [3.05, 3.63) is 28.2 Å². The average Bonchev–Trinajstić information content (AvgIpc) is 2.59. The first-order chi connectivity index (χ1) is 8.70. The summed E-state index contributed by atoms with van der Waals surface area (Å²) in [6.07, 6.45) is 5.10. The highest BCUT2D eigenvalue weighted by molar-refractivity contribution is 6.34. The van der Waals surface area contributed by atoms with E-state index in [-0.39, 0.29) is 12.0 Å². The van der Waals surface area contributed by atoms with Crippen LogP contribution < -0.4 is 4.74 Å². The minimum absolute atomic E-state index is 0.0532. The molecule has 1 saturated carbocycles. The summed E-state index contributed by atoms with van der Waals surface area (Å²) in [4.78, 5) is 0. The fourth-order valence-electron chi connectivity index (χ4n) is 2.29. The van der Waals surface area contributed by atoms with Crippen LogP contribution in [0.15, 0.2) is 18.2 Å². The largest absolute Gasteiger partial charge is 0.487 e. The molecule has 0 saturated heterocycles. The number of halogens is 2. The summed E-state index contributed by atoms with van der Waals surface area (Å²) in [5.74, 6) is 0.527. The third kappa shape index (κ3) is 3.31. The molecule has 2 nitrogen and oxygen atoms in total. The van der Waals surface area contributed by atoms with Crippen molar-refractivity contribution in [1.29, 1.82) is 5.26 Å². The number of hydrogen-bond acceptors (Lipinski definition) is 2. The van der Waals surface area contributed by atoms with Gasteiger partial charge in [-0.3, -0.25) is 0 Å². The SMILES string of the molecule is N#CC1CCCCCC1Oc1cc(Cl)ccc1Cl. The predicted octanol–water partition coefficient (Wildman–Crippen LogP) is 4.84. The van der Waals surface area contributed by atoms with Crippen molar-refractivity contribution in [3.8, 4) is 11.8 Å². The summed E-state index contributed by atoms with van der Waals surface area (Å²) >= 11 is 12.0. The van der Waals surface area contributed by atoms with Crippen LogP contribution in [-0.4, -0.2) is 6.10 Å². The smallest absolute Gasteiger partial charge is 0.139 e. The van der Waals surface area contributed by atoms with Crippen molar-refractivity contribution in [3.63, 3.8) is 0 Å². The molecule has 1 aliphatic carbocycles. The number of ether oxygens (including phenoxy) is 1. The lowest BCUT2D eigenvalue weighted by atomic mass is 9.99. The Kier molecular flexibility index (Phi) is 4.74. The highest BCUT2D eigenvalue weighted by atomic mass is 35.5. The zero-order chi connectivity index (χ0) is 13.0. The molecule has 0 radical (unpaired) electrons. The Bertz CT molecular complexity index is 456. The molecule has 2 rings (SSSR count). The number of hydrogen-bond donors (Lipinski definition) is 0. The van der Waals surface area contributed by atoms with Gasteiger partial charge < -0.3 is 4.74 Å². The van der Waals surface area contributed by atoms with Crippen LogP contribution in [0.1, 0.15) is 32.1 Å². The molecule has 0 spiro atoms. The summed E-state index contributed by atoms with van der Waals surface area (Å²) in [6, 6.07) is 7.51. The molecular formula is C14H15Cl2NO. The minimum atomic E-state index is -0.0755. The van der Waals surface area contributed by atoms with E-state index < -0.39 is 0 Å². The first-order valence-corrected chi connectivity index (χ1v) is 6.97. The molecule has 0 N–H and O–H groups in total. The zero-order valence-corrected chi connectivity index (χ0v) is 11.5. The Balaban J connectivity index is 2.15. The first kappa shape index (κ1) is 13.5. The summed E-state index contributed by atoms with van der Waals surface area (Å²) < 4.78 is 5.91. The molecule has 0 amide bonds. The molecule has 1 aromatic rings. The molecule has 96 valence electrons. The molecular weight excluding hydrogens is 269 g/mol. The molecule has 0 aromatic heterocycles. The quantitative estimate of drug-likeness (QED) is 0.728. The fraction of sp³-hybridized carbons (Fsp3) is 0.500. The lowest BCUT2D eigenvalue weighted by molar-refractivity contribution is 0.152. The Morgan fingerprint density at radius 3 is 2.72 bits per heavy atom. The highest BCUT2D eigenvalue weighted by Crippen LogP contribution is 2.32. The molecule has 2 atom stereocenters. The van der Waals surface area contributed by atoms with Crippen molar-refractivity contribution >= 4 is 23.2 Å². The fourth-order valence-corrected chi connectivity index (χ4v) is 2.62. The molecule has 0 heterocycles. The van der Waals surface area contributed by atoms with E-state index in [1.54, 1.807) is 18.2 Å². The van der Waals surface area contributed by atoms with Gasteiger partial charge in [-0.15, -0.1) is 0 Å². The molecule has 1 aromatic carbocycles. The summed E-state index contributed by atoms with van der Waals surface area (Å²) in [5.41, 5.74) is 0. The number of nitriles is 1. The molecule has 0 bridgehead atoms. The second-order valence-corrected chi connectivity index (χ2v) is 5.45. The number of benzene rings is 1. The molecule has 18 heavy (non-hydrogen) atoms. The first-order valence-electron chi connectivity index (χ1n) is 6.22. The number of nitrogens with zero attached hydrogens (tertiary/aromatic N) is 1. The van der Waals surface area contributed by atoms with Crippen molar-refractivity contribution < 1.29 is 4.74 Å². The maximum Gasteiger partial charge on any atom is 0.139 e. The molecule has 1 fully saturated rings. The van der Waals surface area contributed by atoms with Gasteiger partial charge in [-0.25, -0.2) is 0 Å². The van der Waals surface area contributed by atoms with E-state index in [4.69, 9.17) is 27.9 Å². The van der Waals surface area contributed by atoms with E-state index in [0.717, 1.165) is 25.7 Å². The minimum Gasteiger partial charge on any atom is -0.487 e. The lowest BCUT2D eigenvalue weighted by Gasteiger charge is -2.21. The molecule has 4 heteroatoms. The monoisotopic (exact) mass is 283 g/mol. The maximum absolute atomic E-state index is 9.20. The second kappa shape index (κ2) is 6.31. The summed E-state index contributed by atoms with van der Waals surface area (Å²) in [7, 11) is 0. The van der Waals surface area contributed by atoms with Crippen LogP contribution in [0.4, 0.5) is 0 Å². The van der Waals surface area contributed by atoms with Gasteiger partial charge in [0, 0.05) is 11.1 Å². The van der Waals surface area contributed by atoms with E-state index in [1.165, 1.54) is 6.42 Å². The Morgan fingerprint density at radius 1 is 1.17 bits per heavy atom. The Hall–Kier alpha value is -0.910. The highest BCUT2D eigenvalue weighted by Gasteiger charge is 2.25. The van der Waals surface area contributed by atoms with Crippen molar-refractivity contribution in [2.75, 3.05) is 0 Å². The third-order valence-corrected chi connectivity index (χ3v) is 3.84. The predicted molar refractivity (Wildman–Crippen MR) is 73.1 cm³/mol. The Morgan fingerprint density at radius 2 is 1.94 bits per heavy atom. The van der Waals surface area contributed by atoms with E-state index in [9.17, 15) is 5.26 Å². The Labute approximate surface area is 117 Å². The van der Waals surface area contributed by atoms with Crippen LogP contribution in [-0.2, 0) is 0 Å². The van der Waals surface area contributed by atoms with Gasteiger partial charge in [0.25, 0.3) is 0 Å². The standard InChI is InChI=1S/C14H15Cl2NO/c15-11-6-7-12(16)14(8-11)18-13-5-3-1-2-4-10(13)9-17/h6-8,10,13H,1-5H2. The van der Waals surface area contributed by atoms with E-state index in [0.29, 0.717) is 15.8 Å². The molecule has 2 unspecified atom stereocenters. The molecule has 0 aliphatic heterocycles. The van der Waals surface area contributed by atoms with Crippen molar-refractivity contribution in [2.45, 2.75) is 38.2 Å². The van der Waals surface area contributed by atoms with E-state index in [1.807, 2.05) is 0 Å². The summed E-state index contributed by atoms with van der Waals surface area (Å²) in [5, 5.41) is 10.3. The van der Waals surface area contributed by atoms with E-state index in [2.05, 4.69) is 6.07 Å². The topological polar surface area (TPSA) is 33.0 Å². The van der Waals surface area contributed by atoms with Crippen LogP contribution in [0.3, 0.4) is 0 Å². The number of rotatable bonds is 2. The van der Waals surface area contributed by atoms with Crippen molar-refractivity contribution in [2.24, 2.45) is 5.92 Å². The van der Waals surface area contributed by atoms with Gasteiger partial charge in [-0.2, -0.15) is 5.26 Å². The second-order valence-electron chi connectivity index (χ2n) is 4.60. The van der Waals surface area contributed by atoms with Crippen LogP contribution in [0, 0.1) is 17.2 Å². The normalized spacial score (nSPS) is 24.1. The van der Waals surface area contributed by atoms with Gasteiger partial charge in [0.2, 0.25) is 0 Å². The van der Waals surface area contributed by atoms with Gasteiger partial charge >= 0.3 is 0 Å². The maximum atomic E-state index is 9.20. The average molecular weight is 284 g/mol. The van der Waals surface area contributed by atoms with Gasteiger partial charge in [0.1, 0.15) is 11.9 Å². The van der Waals surface area contributed by atoms with Crippen LogP contribution >= 0.6 is 23.2 Å². The zero-order valence-electron chi connectivity index (χ0n) is 10.0. The van der Waals surface area contributed by atoms with Gasteiger partial charge in [0.05, 0.1) is 17.0 Å². The van der Waals surface area contributed by atoms with Gasteiger partial charge in [0.15, 0.2) is 0 Å².